The second-order valence-electron chi connectivity index (χ2n) is 4.01. The molecule has 1 rings (SSSR count). The number of anilines is 1. The van der Waals surface area contributed by atoms with E-state index in [0.717, 1.165) is 0 Å². The summed E-state index contributed by atoms with van der Waals surface area (Å²) in [4.78, 5) is 22.6. The van der Waals surface area contributed by atoms with Crippen LogP contribution in [0.4, 0.5) is 10.5 Å². The summed E-state index contributed by atoms with van der Waals surface area (Å²) in [6.45, 7) is -0.130. The lowest BCUT2D eigenvalue weighted by Gasteiger charge is -2.15. The maximum Gasteiger partial charge on any atom is 0.328 e. The van der Waals surface area contributed by atoms with Crippen LogP contribution in [0.3, 0.4) is 0 Å². The van der Waals surface area contributed by atoms with Gasteiger partial charge in [0, 0.05) is 18.9 Å². The topological polar surface area (TPSA) is 106 Å². The van der Waals surface area contributed by atoms with Gasteiger partial charge in [0.25, 0.3) is 0 Å². The van der Waals surface area contributed by atoms with Crippen molar-refractivity contribution >= 4 is 17.7 Å². The van der Waals surface area contributed by atoms with Crippen LogP contribution in [-0.4, -0.2) is 51.1 Å². The molecule has 0 bridgehead atoms. The van der Waals surface area contributed by atoms with Crippen molar-refractivity contribution < 1.29 is 28.9 Å². The van der Waals surface area contributed by atoms with Crippen molar-refractivity contribution in [2.24, 2.45) is 0 Å². The Balaban J connectivity index is 2.72. The molecule has 1 aromatic rings. The number of ether oxygens (including phenoxy) is 3. The summed E-state index contributed by atoms with van der Waals surface area (Å²) >= 11 is 0. The van der Waals surface area contributed by atoms with Crippen LogP contribution in [0.2, 0.25) is 0 Å². The Morgan fingerprint density at radius 1 is 1.19 bits per heavy atom. The molecule has 1 atom stereocenters. The van der Waals surface area contributed by atoms with Crippen molar-refractivity contribution in [3.05, 3.63) is 18.2 Å². The maximum atomic E-state index is 11.7. The van der Waals surface area contributed by atoms with E-state index in [-0.39, 0.29) is 6.61 Å². The van der Waals surface area contributed by atoms with Crippen molar-refractivity contribution in [2.75, 3.05) is 33.3 Å². The lowest BCUT2D eigenvalue weighted by atomic mass is 10.2. The third kappa shape index (κ3) is 4.84. The minimum Gasteiger partial charge on any atom is -0.493 e. The molecule has 0 fully saturated rings. The van der Waals surface area contributed by atoms with E-state index < -0.39 is 18.0 Å². The molecule has 1 unspecified atom stereocenters. The highest BCUT2D eigenvalue weighted by molar-refractivity contribution is 5.92. The standard InChI is InChI=1S/C13H18N2O6/c1-19-7-9(12(16)17)15-13(18)14-8-4-5-10(20-2)11(6-8)21-3/h4-6,9H,7H2,1-3H3,(H,16,17)(H2,14,15,18). The van der Waals surface area contributed by atoms with Gasteiger partial charge in [0.05, 0.1) is 20.8 Å². The number of carboxylic acid groups (broad SMARTS) is 1. The smallest absolute Gasteiger partial charge is 0.328 e. The molecule has 0 aliphatic heterocycles. The van der Waals surface area contributed by atoms with Gasteiger partial charge in [-0.25, -0.2) is 9.59 Å². The zero-order valence-electron chi connectivity index (χ0n) is 12.0. The molecule has 0 heterocycles. The number of rotatable bonds is 7. The van der Waals surface area contributed by atoms with Gasteiger partial charge in [-0.05, 0) is 12.1 Å². The van der Waals surface area contributed by atoms with E-state index in [1.807, 2.05) is 0 Å². The Hall–Kier alpha value is -2.48. The Morgan fingerprint density at radius 3 is 2.38 bits per heavy atom. The SMILES string of the molecule is COCC(NC(=O)Nc1ccc(OC)c(OC)c1)C(=O)O. The van der Waals surface area contributed by atoms with E-state index in [1.54, 1.807) is 18.2 Å². The number of carbonyl (C=O) groups excluding carboxylic acids is 1. The summed E-state index contributed by atoms with van der Waals surface area (Å²) in [5.41, 5.74) is 0.437. The molecular formula is C13H18N2O6. The molecule has 0 aliphatic carbocycles. The van der Waals surface area contributed by atoms with Gasteiger partial charge in [-0.3, -0.25) is 0 Å². The first-order valence-electron chi connectivity index (χ1n) is 6.03. The fourth-order valence-corrected chi connectivity index (χ4v) is 1.58. The summed E-state index contributed by atoms with van der Waals surface area (Å²) in [6, 6.07) is 3.00. The summed E-state index contributed by atoms with van der Waals surface area (Å²) in [5, 5.41) is 13.7. The maximum absolute atomic E-state index is 11.7. The number of carbonyl (C=O) groups is 2. The lowest BCUT2D eigenvalue weighted by Crippen LogP contribution is -2.45. The van der Waals surface area contributed by atoms with Gasteiger partial charge in [-0.2, -0.15) is 0 Å². The summed E-state index contributed by atoms with van der Waals surface area (Å²) < 4.78 is 14.9. The summed E-state index contributed by atoms with van der Waals surface area (Å²) in [6.07, 6.45) is 0. The number of amides is 2. The molecule has 1 aromatic carbocycles. The molecule has 0 saturated heterocycles. The van der Waals surface area contributed by atoms with Crippen LogP contribution in [0.5, 0.6) is 11.5 Å². The lowest BCUT2D eigenvalue weighted by molar-refractivity contribution is -0.140. The Bertz CT molecular complexity index is 505. The van der Waals surface area contributed by atoms with Gasteiger partial charge >= 0.3 is 12.0 Å². The molecule has 3 N–H and O–H groups in total. The van der Waals surface area contributed by atoms with Crippen molar-refractivity contribution in [1.82, 2.24) is 5.32 Å². The van der Waals surface area contributed by atoms with Crippen molar-refractivity contribution in [2.45, 2.75) is 6.04 Å². The molecule has 2 amide bonds. The minimum absolute atomic E-state index is 0.130. The van der Waals surface area contributed by atoms with E-state index in [1.165, 1.54) is 21.3 Å². The second kappa shape index (κ2) is 7.95. The molecule has 0 spiro atoms. The first-order chi connectivity index (χ1) is 10.0. The van der Waals surface area contributed by atoms with Crippen LogP contribution in [-0.2, 0) is 9.53 Å². The molecule has 0 aliphatic rings. The normalized spacial score (nSPS) is 11.4. The van der Waals surface area contributed by atoms with Crippen molar-refractivity contribution in [3.63, 3.8) is 0 Å². The van der Waals surface area contributed by atoms with Crippen LogP contribution in [0.1, 0.15) is 0 Å². The van der Waals surface area contributed by atoms with Gasteiger partial charge < -0.3 is 30.0 Å². The molecule has 8 heteroatoms. The fraction of sp³-hybridized carbons (Fsp3) is 0.385. The van der Waals surface area contributed by atoms with Crippen molar-refractivity contribution in [3.8, 4) is 11.5 Å². The minimum atomic E-state index is -1.18. The predicted molar refractivity (Wildman–Crippen MR) is 75.0 cm³/mol. The van der Waals surface area contributed by atoms with Crippen LogP contribution < -0.4 is 20.1 Å². The average molecular weight is 298 g/mol. The van der Waals surface area contributed by atoms with E-state index in [0.29, 0.717) is 17.2 Å². The van der Waals surface area contributed by atoms with Gasteiger partial charge in [0.1, 0.15) is 0 Å². The number of carboxylic acids is 1. The monoisotopic (exact) mass is 298 g/mol. The fourth-order valence-electron chi connectivity index (χ4n) is 1.58. The Labute approximate surface area is 122 Å². The number of aliphatic carboxylic acids is 1. The largest absolute Gasteiger partial charge is 0.493 e. The van der Waals surface area contributed by atoms with Gasteiger partial charge in [-0.15, -0.1) is 0 Å². The molecule has 21 heavy (non-hydrogen) atoms. The molecule has 0 radical (unpaired) electrons. The molecule has 116 valence electrons. The summed E-state index contributed by atoms with van der Waals surface area (Å²) in [5.74, 6) is -0.215. The van der Waals surface area contributed by atoms with E-state index in [2.05, 4.69) is 10.6 Å². The first-order valence-corrected chi connectivity index (χ1v) is 6.03. The quantitative estimate of drug-likeness (QED) is 0.691. The van der Waals surface area contributed by atoms with E-state index in [4.69, 9.17) is 19.3 Å². The zero-order chi connectivity index (χ0) is 15.8. The van der Waals surface area contributed by atoms with Gasteiger partial charge in [0.15, 0.2) is 17.5 Å². The summed E-state index contributed by atoms with van der Waals surface area (Å²) in [7, 11) is 4.32. The van der Waals surface area contributed by atoms with E-state index in [9.17, 15) is 9.59 Å². The molecular weight excluding hydrogens is 280 g/mol. The van der Waals surface area contributed by atoms with Crippen LogP contribution in [0.15, 0.2) is 18.2 Å². The third-order valence-electron chi connectivity index (χ3n) is 2.58. The first kappa shape index (κ1) is 16.6. The third-order valence-corrected chi connectivity index (χ3v) is 2.58. The van der Waals surface area contributed by atoms with Crippen molar-refractivity contribution in [1.29, 1.82) is 0 Å². The Morgan fingerprint density at radius 2 is 1.86 bits per heavy atom. The second-order valence-corrected chi connectivity index (χ2v) is 4.01. The van der Waals surface area contributed by atoms with Crippen LogP contribution >= 0.6 is 0 Å². The molecule has 0 saturated carbocycles. The van der Waals surface area contributed by atoms with Crippen LogP contribution in [0.25, 0.3) is 0 Å². The highest BCUT2D eigenvalue weighted by Crippen LogP contribution is 2.29. The molecule has 8 nitrogen and oxygen atoms in total. The number of hydrogen-bond acceptors (Lipinski definition) is 5. The molecule has 0 aromatic heterocycles. The average Bonchev–Trinajstić information content (AvgIpc) is 2.46. The Kier molecular flexibility index (Phi) is 6.28. The number of hydrogen-bond donors (Lipinski definition) is 3. The van der Waals surface area contributed by atoms with Crippen LogP contribution in [0, 0.1) is 0 Å². The van der Waals surface area contributed by atoms with Gasteiger partial charge in [-0.1, -0.05) is 0 Å². The highest BCUT2D eigenvalue weighted by atomic mass is 16.5. The van der Waals surface area contributed by atoms with Gasteiger partial charge in [0.2, 0.25) is 0 Å². The highest BCUT2D eigenvalue weighted by Gasteiger charge is 2.19. The zero-order valence-corrected chi connectivity index (χ0v) is 12.0. The predicted octanol–water partition coefficient (Wildman–Crippen LogP) is 0.925. The number of urea groups is 1. The number of benzene rings is 1. The number of methoxy groups -OCH3 is 3. The number of nitrogens with one attached hydrogen (secondary N) is 2. The van der Waals surface area contributed by atoms with E-state index >= 15 is 0 Å².